The Kier molecular flexibility index (Phi) is 6.15. The third kappa shape index (κ3) is 5.00. The molecule has 2 N–H and O–H groups in total. The molecule has 3 aromatic rings. The molecule has 0 bridgehead atoms. The molecule has 1 fully saturated rings. The second-order valence-electron chi connectivity index (χ2n) is 8.12. The average molecular weight is 424 g/mol. The predicted octanol–water partition coefficient (Wildman–Crippen LogP) is 2.63. The van der Waals surface area contributed by atoms with E-state index < -0.39 is 0 Å². The summed E-state index contributed by atoms with van der Waals surface area (Å²) in [6.07, 6.45) is 0.419. The fraction of sp³-hybridized carbons (Fsp3) is 0.455. The van der Waals surface area contributed by atoms with Gasteiger partial charge in [-0.1, -0.05) is 0 Å². The van der Waals surface area contributed by atoms with Crippen LogP contribution in [0.2, 0.25) is 0 Å². The molecule has 0 aliphatic carbocycles. The van der Waals surface area contributed by atoms with Crippen LogP contribution in [0.25, 0.3) is 22.8 Å². The lowest BCUT2D eigenvalue weighted by Crippen LogP contribution is -2.45. The molecule has 0 atom stereocenters. The maximum Gasteiger partial charge on any atom is 0.226 e. The first-order valence-electron chi connectivity index (χ1n) is 10.6. The van der Waals surface area contributed by atoms with Crippen molar-refractivity contribution in [2.24, 2.45) is 0 Å². The quantitative estimate of drug-likeness (QED) is 0.628. The van der Waals surface area contributed by atoms with E-state index in [0.717, 1.165) is 55.4 Å². The van der Waals surface area contributed by atoms with E-state index >= 15 is 0 Å². The van der Waals surface area contributed by atoms with Crippen molar-refractivity contribution in [2.45, 2.75) is 27.2 Å². The predicted molar refractivity (Wildman–Crippen MR) is 119 cm³/mol. The first-order valence-corrected chi connectivity index (χ1v) is 10.6. The molecule has 0 radical (unpaired) electrons. The number of anilines is 1. The number of amides is 1. The smallest absolute Gasteiger partial charge is 0.226 e. The van der Waals surface area contributed by atoms with E-state index in [2.05, 4.69) is 42.3 Å². The Balaban J connectivity index is 1.55. The summed E-state index contributed by atoms with van der Waals surface area (Å²) in [7, 11) is 2.12. The van der Waals surface area contributed by atoms with Crippen LogP contribution in [0.1, 0.15) is 23.6 Å². The van der Waals surface area contributed by atoms with Crippen molar-refractivity contribution in [3.05, 3.63) is 35.3 Å². The molecule has 0 spiro atoms. The Morgan fingerprint density at radius 3 is 2.58 bits per heavy atom. The van der Waals surface area contributed by atoms with Crippen molar-refractivity contribution in [2.75, 3.05) is 45.1 Å². The van der Waals surface area contributed by atoms with Crippen molar-refractivity contribution in [1.29, 1.82) is 0 Å². The summed E-state index contributed by atoms with van der Waals surface area (Å²) < 4.78 is 5.73. The van der Waals surface area contributed by atoms with Crippen LogP contribution in [0, 0.1) is 20.8 Å². The number of nitrogens with zero attached hydrogens (tertiary/aromatic N) is 5. The third-order valence-corrected chi connectivity index (χ3v) is 5.59. The fourth-order valence-electron chi connectivity index (χ4n) is 3.77. The van der Waals surface area contributed by atoms with Crippen LogP contribution in [-0.4, -0.2) is 75.6 Å². The largest absolute Gasteiger partial charge is 0.458 e. The molecule has 164 valence electrons. The lowest BCUT2D eigenvalue weighted by molar-refractivity contribution is -0.116. The van der Waals surface area contributed by atoms with Gasteiger partial charge in [0.05, 0.1) is 11.4 Å². The molecule has 4 heterocycles. The van der Waals surface area contributed by atoms with Crippen molar-refractivity contribution in [3.63, 3.8) is 0 Å². The van der Waals surface area contributed by atoms with Gasteiger partial charge in [0.1, 0.15) is 11.6 Å². The number of hydrogen-bond donors (Lipinski definition) is 2. The third-order valence-electron chi connectivity index (χ3n) is 5.59. The molecule has 1 aliphatic heterocycles. The normalized spacial score (nSPS) is 15.4. The summed E-state index contributed by atoms with van der Waals surface area (Å²) in [5.41, 5.74) is 3.34. The Hall–Kier alpha value is -3.04. The highest BCUT2D eigenvalue weighted by Gasteiger charge is 2.18. The second kappa shape index (κ2) is 8.99. The van der Waals surface area contributed by atoms with Crippen molar-refractivity contribution >= 4 is 11.7 Å². The fourth-order valence-corrected chi connectivity index (χ4v) is 3.77. The van der Waals surface area contributed by atoms with Crippen LogP contribution in [0.5, 0.6) is 0 Å². The van der Waals surface area contributed by atoms with Gasteiger partial charge in [0.15, 0.2) is 11.6 Å². The van der Waals surface area contributed by atoms with Crippen molar-refractivity contribution in [3.8, 4) is 22.8 Å². The molecule has 9 heteroatoms. The monoisotopic (exact) mass is 423 g/mol. The van der Waals surface area contributed by atoms with Crippen LogP contribution in [0.15, 0.2) is 22.6 Å². The number of furan rings is 1. The van der Waals surface area contributed by atoms with Gasteiger partial charge in [-0.3, -0.25) is 9.89 Å². The van der Waals surface area contributed by atoms with Gasteiger partial charge in [-0.15, -0.1) is 0 Å². The lowest BCUT2D eigenvalue weighted by Gasteiger charge is -2.32. The number of nitrogens with one attached hydrogen (secondary N) is 2. The maximum atomic E-state index is 12.7. The minimum atomic E-state index is -0.0641. The van der Waals surface area contributed by atoms with Crippen LogP contribution >= 0.6 is 0 Å². The molecule has 1 aliphatic rings. The van der Waals surface area contributed by atoms with E-state index in [1.807, 2.05) is 32.9 Å². The molecule has 0 saturated carbocycles. The van der Waals surface area contributed by atoms with Gasteiger partial charge in [-0.2, -0.15) is 5.10 Å². The van der Waals surface area contributed by atoms with Gasteiger partial charge < -0.3 is 19.5 Å². The van der Waals surface area contributed by atoms with Gasteiger partial charge in [-0.25, -0.2) is 9.97 Å². The highest BCUT2D eigenvalue weighted by atomic mass is 16.3. The van der Waals surface area contributed by atoms with E-state index in [1.54, 1.807) is 6.07 Å². The highest BCUT2D eigenvalue weighted by Crippen LogP contribution is 2.28. The number of aryl methyl sites for hydroxylation is 3. The minimum Gasteiger partial charge on any atom is -0.458 e. The molecule has 3 aromatic heterocycles. The summed E-state index contributed by atoms with van der Waals surface area (Å²) in [5, 5.41) is 10.2. The maximum absolute atomic E-state index is 12.7. The van der Waals surface area contributed by atoms with Gasteiger partial charge >= 0.3 is 0 Å². The number of carbonyl (C=O) groups is 1. The van der Waals surface area contributed by atoms with Gasteiger partial charge in [0, 0.05) is 56.5 Å². The van der Waals surface area contributed by atoms with Gasteiger partial charge in [0.25, 0.3) is 0 Å². The Bertz CT molecular complexity index is 1040. The van der Waals surface area contributed by atoms with Crippen molar-refractivity contribution < 1.29 is 9.21 Å². The molecule has 0 unspecified atom stereocenters. The number of carbonyl (C=O) groups excluding carboxylic acids is 1. The van der Waals surface area contributed by atoms with Crippen LogP contribution < -0.4 is 5.32 Å². The molecule has 4 rings (SSSR count). The molecule has 1 amide bonds. The summed E-state index contributed by atoms with van der Waals surface area (Å²) in [6, 6.07) is 5.49. The summed E-state index contributed by atoms with van der Waals surface area (Å²) >= 11 is 0. The zero-order valence-corrected chi connectivity index (χ0v) is 18.5. The van der Waals surface area contributed by atoms with Crippen LogP contribution in [-0.2, 0) is 4.79 Å². The topological polar surface area (TPSA) is 103 Å². The van der Waals surface area contributed by atoms with E-state index in [-0.39, 0.29) is 5.91 Å². The average Bonchev–Trinajstić information content (AvgIpc) is 3.32. The van der Waals surface area contributed by atoms with Crippen molar-refractivity contribution in [1.82, 2.24) is 30.0 Å². The molecular weight excluding hydrogens is 394 g/mol. The Morgan fingerprint density at radius 2 is 1.94 bits per heavy atom. The Morgan fingerprint density at radius 1 is 1.16 bits per heavy atom. The molecular formula is C22H29N7O2. The SMILES string of the molecule is Cc1ccc(-c2nc(NC(=O)CCN3CCN(C)CC3)cc(-c3c(C)n[nH]c3C)n2)o1. The number of piperazine rings is 1. The highest BCUT2D eigenvalue weighted by molar-refractivity contribution is 5.90. The zero-order valence-electron chi connectivity index (χ0n) is 18.5. The second-order valence-corrected chi connectivity index (χ2v) is 8.12. The van der Waals surface area contributed by atoms with E-state index in [4.69, 9.17) is 4.42 Å². The minimum absolute atomic E-state index is 0.0641. The number of hydrogen-bond acceptors (Lipinski definition) is 7. The van der Waals surface area contributed by atoms with E-state index in [1.165, 1.54) is 0 Å². The van der Waals surface area contributed by atoms with Gasteiger partial charge in [0.2, 0.25) is 5.91 Å². The summed E-state index contributed by atoms with van der Waals surface area (Å²) in [6.45, 7) is 10.5. The first kappa shape index (κ1) is 21.2. The molecule has 1 saturated heterocycles. The number of aromatic amines is 1. The lowest BCUT2D eigenvalue weighted by atomic mass is 10.1. The van der Waals surface area contributed by atoms with Gasteiger partial charge in [-0.05, 0) is 40.0 Å². The molecule has 0 aromatic carbocycles. The molecule has 31 heavy (non-hydrogen) atoms. The summed E-state index contributed by atoms with van der Waals surface area (Å²) in [5.74, 6) is 2.16. The number of likely N-dealkylation sites (N-methyl/N-ethyl adjacent to an activating group) is 1. The standard InChI is InChI=1S/C22H29N7O2/c1-14-5-6-18(31-14)22-23-17(21-15(2)26-27-16(21)3)13-19(25-22)24-20(30)7-8-29-11-9-28(4)10-12-29/h5-6,13H,7-12H2,1-4H3,(H,26,27)(H,23,24,25,30). The van der Waals surface area contributed by atoms with E-state index in [0.29, 0.717) is 29.5 Å². The van der Waals surface area contributed by atoms with Crippen LogP contribution in [0.3, 0.4) is 0 Å². The number of H-pyrrole nitrogens is 1. The van der Waals surface area contributed by atoms with E-state index in [9.17, 15) is 4.79 Å². The zero-order chi connectivity index (χ0) is 22.0. The number of rotatable bonds is 6. The van der Waals surface area contributed by atoms with Crippen LogP contribution in [0.4, 0.5) is 5.82 Å². The first-order chi connectivity index (χ1) is 14.9. The number of aromatic nitrogens is 4. The summed E-state index contributed by atoms with van der Waals surface area (Å²) in [4.78, 5) is 26.5. The molecule has 9 nitrogen and oxygen atoms in total. The Labute approximate surface area is 181 Å².